The molecule has 4 rings (SSSR count). The highest BCUT2D eigenvalue weighted by molar-refractivity contribution is 5.82. The number of nitrogens with one attached hydrogen (secondary N) is 2. The van der Waals surface area contributed by atoms with Gasteiger partial charge in [-0.2, -0.15) is 0 Å². The highest BCUT2D eigenvalue weighted by atomic mass is 16.5. The summed E-state index contributed by atoms with van der Waals surface area (Å²) in [5, 5.41) is 6.56. The van der Waals surface area contributed by atoms with Gasteiger partial charge in [-0.25, -0.2) is 4.98 Å². The lowest BCUT2D eigenvalue weighted by atomic mass is 9.85. The van der Waals surface area contributed by atoms with Crippen molar-refractivity contribution in [2.24, 2.45) is 5.92 Å². The standard InChI is InChI=1S/C21H25N3O2/c25-21(19-12-16-6-4-5-9-18(16)24-19)23-14-15-10-11-20(22-13-15)26-17-7-2-1-3-8-17/h1-3,7-8,10-11,13,16,18-19,24H,4-6,9,12,14H2,(H,23,25). The van der Waals surface area contributed by atoms with E-state index >= 15 is 0 Å². The SMILES string of the molecule is O=C(NCc1ccc(Oc2ccccc2)nc1)C1CC2CCCCC2N1. The van der Waals surface area contributed by atoms with Gasteiger partial charge in [0.15, 0.2) is 0 Å². The van der Waals surface area contributed by atoms with E-state index in [9.17, 15) is 4.79 Å². The van der Waals surface area contributed by atoms with Crippen molar-refractivity contribution in [1.82, 2.24) is 15.6 Å². The van der Waals surface area contributed by atoms with Gasteiger partial charge in [-0.3, -0.25) is 4.79 Å². The summed E-state index contributed by atoms with van der Waals surface area (Å²) in [6.45, 7) is 0.491. The second kappa shape index (κ2) is 7.87. The number of pyridine rings is 1. The highest BCUT2D eigenvalue weighted by Crippen LogP contribution is 2.33. The molecule has 26 heavy (non-hydrogen) atoms. The van der Waals surface area contributed by atoms with Gasteiger partial charge >= 0.3 is 0 Å². The number of fused-ring (bicyclic) bond motifs is 1. The van der Waals surface area contributed by atoms with E-state index in [0.29, 0.717) is 24.4 Å². The molecule has 5 heteroatoms. The third-order valence-corrected chi connectivity index (χ3v) is 5.41. The fourth-order valence-electron chi connectivity index (χ4n) is 4.02. The zero-order valence-electron chi connectivity index (χ0n) is 14.9. The monoisotopic (exact) mass is 351 g/mol. The minimum atomic E-state index is -0.0447. The van der Waals surface area contributed by atoms with Gasteiger partial charge in [0.25, 0.3) is 0 Å². The fourth-order valence-corrected chi connectivity index (χ4v) is 4.02. The van der Waals surface area contributed by atoms with Crippen LogP contribution in [0.4, 0.5) is 0 Å². The molecule has 2 fully saturated rings. The van der Waals surface area contributed by atoms with Crippen molar-refractivity contribution < 1.29 is 9.53 Å². The number of aromatic nitrogens is 1. The molecule has 3 atom stereocenters. The van der Waals surface area contributed by atoms with Crippen LogP contribution >= 0.6 is 0 Å². The molecule has 2 heterocycles. The van der Waals surface area contributed by atoms with Crippen LogP contribution in [-0.2, 0) is 11.3 Å². The number of nitrogens with zero attached hydrogens (tertiary/aromatic N) is 1. The molecule has 1 saturated heterocycles. The molecule has 0 bridgehead atoms. The maximum atomic E-state index is 12.5. The van der Waals surface area contributed by atoms with E-state index in [-0.39, 0.29) is 11.9 Å². The summed E-state index contributed by atoms with van der Waals surface area (Å²) in [7, 11) is 0. The smallest absolute Gasteiger partial charge is 0.237 e. The summed E-state index contributed by atoms with van der Waals surface area (Å²) in [4.78, 5) is 16.8. The van der Waals surface area contributed by atoms with Crippen LogP contribution in [0.2, 0.25) is 0 Å². The number of carbonyl (C=O) groups excluding carboxylic acids is 1. The Kier molecular flexibility index (Phi) is 5.16. The molecule has 2 aromatic rings. The molecular weight excluding hydrogens is 326 g/mol. The third kappa shape index (κ3) is 4.05. The zero-order valence-corrected chi connectivity index (χ0v) is 14.9. The maximum absolute atomic E-state index is 12.5. The van der Waals surface area contributed by atoms with E-state index in [1.807, 2.05) is 42.5 Å². The lowest BCUT2D eigenvalue weighted by Gasteiger charge is -2.24. The van der Waals surface area contributed by atoms with Crippen molar-refractivity contribution in [3.8, 4) is 11.6 Å². The van der Waals surface area contributed by atoms with Gasteiger partial charge in [-0.1, -0.05) is 37.1 Å². The summed E-state index contributed by atoms with van der Waals surface area (Å²) in [5.41, 5.74) is 0.967. The molecule has 5 nitrogen and oxygen atoms in total. The molecule has 1 amide bonds. The number of para-hydroxylation sites is 1. The van der Waals surface area contributed by atoms with Crippen LogP contribution in [0.3, 0.4) is 0 Å². The zero-order chi connectivity index (χ0) is 17.8. The fraction of sp³-hybridized carbons (Fsp3) is 0.429. The molecule has 0 spiro atoms. The van der Waals surface area contributed by atoms with Crippen molar-refractivity contribution in [2.45, 2.75) is 50.7 Å². The topological polar surface area (TPSA) is 63.2 Å². The second-order valence-corrected chi connectivity index (χ2v) is 7.24. The number of carbonyl (C=O) groups is 1. The summed E-state index contributed by atoms with van der Waals surface area (Å²) in [5.74, 6) is 2.09. The molecule has 2 N–H and O–H groups in total. The largest absolute Gasteiger partial charge is 0.439 e. The lowest BCUT2D eigenvalue weighted by molar-refractivity contribution is -0.123. The Hall–Kier alpha value is -2.40. The quantitative estimate of drug-likeness (QED) is 0.866. The van der Waals surface area contributed by atoms with Crippen molar-refractivity contribution in [3.63, 3.8) is 0 Å². The predicted molar refractivity (Wildman–Crippen MR) is 99.9 cm³/mol. The third-order valence-electron chi connectivity index (χ3n) is 5.41. The van der Waals surface area contributed by atoms with Gasteiger partial charge in [-0.15, -0.1) is 0 Å². The summed E-state index contributed by atoms with van der Waals surface area (Å²) in [6.07, 6.45) is 7.78. The first kappa shape index (κ1) is 17.0. The van der Waals surface area contributed by atoms with Gasteiger partial charge in [0.05, 0.1) is 6.04 Å². The van der Waals surface area contributed by atoms with E-state index in [0.717, 1.165) is 17.7 Å². The van der Waals surface area contributed by atoms with E-state index in [1.165, 1.54) is 25.7 Å². The van der Waals surface area contributed by atoms with Crippen molar-refractivity contribution >= 4 is 5.91 Å². The van der Waals surface area contributed by atoms with Gasteiger partial charge in [0.2, 0.25) is 11.8 Å². The number of rotatable bonds is 5. The maximum Gasteiger partial charge on any atom is 0.237 e. The van der Waals surface area contributed by atoms with Gasteiger partial charge < -0.3 is 15.4 Å². The number of benzene rings is 1. The Balaban J connectivity index is 1.27. The second-order valence-electron chi connectivity index (χ2n) is 7.24. The number of ether oxygens (including phenoxy) is 1. The Morgan fingerprint density at radius 3 is 2.77 bits per heavy atom. The van der Waals surface area contributed by atoms with Crippen molar-refractivity contribution in [2.75, 3.05) is 0 Å². The van der Waals surface area contributed by atoms with Gasteiger partial charge in [0, 0.05) is 24.8 Å². The minimum Gasteiger partial charge on any atom is -0.439 e. The van der Waals surface area contributed by atoms with E-state index in [1.54, 1.807) is 6.20 Å². The Labute approximate surface area is 154 Å². The van der Waals surface area contributed by atoms with Gasteiger partial charge in [-0.05, 0) is 42.9 Å². The average Bonchev–Trinajstić information content (AvgIpc) is 3.12. The van der Waals surface area contributed by atoms with Crippen LogP contribution in [-0.4, -0.2) is 23.0 Å². The van der Waals surface area contributed by atoms with Crippen molar-refractivity contribution in [3.05, 3.63) is 54.2 Å². The average molecular weight is 351 g/mol. The first-order chi connectivity index (χ1) is 12.8. The minimum absolute atomic E-state index is 0.0447. The summed E-state index contributed by atoms with van der Waals surface area (Å²) >= 11 is 0. The number of amides is 1. The van der Waals surface area contributed by atoms with E-state index < -0.39 is 0 Å². The summed E-state index contributed by atoms with van der Waals surface area (Å²) in [6, 6.07) is 13.8. The first-order valence-electron chi connectivity index (χ1n) is 9.49. The molecule has 0 radical (unpaired) electrons. The Morgan fingerprint density at radius 2 is 2.00 bits per heavy atom. The highest BCUT2D eigenvalue weighted by Gasteiger charge is 2.37. The molecule has 2 aliphatic rings. The molecule has 1 aliphatic carbocycles. The molecule has 1 aromatic carbocycles. The number of hydrogen-bond acceptors (Lipinski definition) is 4. The first-order valence-corrected chi connectivity index (χ1v) is 9.49. The molecule has 136 valence electrons. The van der Waals surface area contributed by atoms with Crippen LogP contribution in [0.1, 0.15) is 37.7 Å². The van der Waals surface area contributed by atoms with Crippen LogP contribution in [0.15, 0.2) is 48.7 Å². The van der Waals surface area contributed by atoms with E-state index in [4.69, 9.17) is 4.74 Å². The van der Waals surface area contributed by atoms with E-state index in [2.05, 4.69) is 15.6 Å². The number of hydrogen-bond donors (Lipinski definition) is 2. The molecule has 1 aromatic heterocycles. The predicted octanol–water partition coefficient (Wildman–Crippen LogP) is 3.41. The molecular formula is C21H25N3O2. The van der Waals surface area contributed by atoms with Crippen LogP contribution < -0.4 is 15.4 Å². The van der Waals surface area contributed by atoms with Gasteiger partial charge in [0.1, 0.15) is 5.75 Å². The Bertz CT molecular complexity index is 719. The van der Waals surface area contributed by atoms with Crippen LogP contribution in [0, 0.1) is 5.92 Å². The lowest BCUT2D eigenvalue weighted by Crippen LogP contribution is -2.42. The van der Waals surface area contributed by atoms with Crippen LogP contribution in [0.25, 0.3) is 0 Å². The van der Waals surface area contributed by atoms with Crippen LogP contribution in [0.5, 0.6) is 11.6 Å². The normalized spacial score (nSPS) is 24.7. The summed E-state index contributed by atoms with van der Waals surface area (Å²) < 4.78 is 5.69. The van der Waals surface area contributed by atoms with Crippen molar-refractivity contribution in [1.29, 1.82) is 0 Å². The molecule has 1 saturated carbocycles. The molecule has 3 unspecified atom stereocenters. The Morgan fingerprint density at radius 1 is 1.15 bits per heavy atom. The molecule has 1 aliphatic heterocycles.